The summed E-state index contributed by atoms with van der Waals surface area (Å²) in [6.45, 7) is 5.09. The monoisotopic (exact) mass is 272 g/mol. The summed E-state index contributed by atoms with van der Waals surface area (Å²) in [5, 5.41) is 12.6. The minimum atomic E-state index is -0.255. The predicted molar refractivity (Wildman–Crippen MR) is 78.1 cm³/mol. The first-order chi connectivity index (χ1) is 9.65. The molecule has 0 saturated carbocycles. The van der Waals surface area contributed by atoms with Crippen LogP contribution in [0.25, 0.3) is 0 Å². The van der Waals surface area contributed by atoms with Crippen molar-refractivity contribution in [3.05, 3.63) is 29.3 Å². The second-order valence-electron chi connectivity index (χ2n) is 5.08. The van der Waals surface area contributed by atoms with E-state index in [0.29, 0.717) is 12.1 Å². The summed E-state index contributed by atoms with van der Waals surface area (Å²) < 4.78 is 0. The van der Waals surface area contributed by atoms with Crippen LogP contribution in [0, 0.1) is 17.2 Å². The molecule has 1 amide bonds. The van der Waals surface area contributed by atoms with Crippen molar-refractivity contribution in [1.29, 1.82) is 5.26 Å². The lowest BCUT2D eigenvalue weighted by molar-refractivity contribution is -0.121. The summed E-state index contributed by atoms with van der Waals surface area (Å²) >= 11 is 0. The van der Waals surface area contributed by atoms with E-state index in [1.165, 1.54) is 0 Å². The predicted octanol–water partition coefficient (Wildman–Crippen LogP) is 0.979. The van der Waals surface area contributed by atoms with Gasteiger partial charge in [-0.3, -0.25) is 4.79 Å². The van der Waals surface area contributed by atoms with Gasteiger partial charge in [0.2, 0.25) is 5.91 Å². The van der Waals surface area contributed by atoms with Gasteiger partial charge in [0.25, 0.3) is 0 Å². The minimum Gasteiger partial charge on any atom is -0.370 e. The lowest BCUT2D eigenvalue weighted by Gasteiger charge is -2.20. The molecule has 1 aliphatic rings. The molecule has 1 unspecified atom stereocenters. The fraction of sp³-hybridized carbons (Fsp3) is 0.467. The average Bonchev–Trinajstić information content (AvgIpc) is 2.94. The van der Waals surface area contributed by atoms with E-state index in [0.717, 1.165) is 37.3 Å². The SMILES string of the molecule is CCNCc1ccc(N2CCC(C(N)=O)C2)c(C#N)c1. The lowest BCUT2D eigenvalue weighted by atomic mass is 10.1. The molecule has 106 valence electrons. The molecule has 0 bridgehead atoms. The van der Waals surface area contributed by atoms with Gasteiger partial charge in [-0.15, -0.1) is 0 Å². The molecule has 1 aliphatic heterocycles. The van der Waals surface area contributed by atoms with Crippen LogP contribution < -0.4 is 16.0 Å². The molecule has 1 saturated heterocycles. The van der Waals surface area contributed by atoms with E-state index in [1.807, 2.05) is 25.1 Å². The number of nitrogens with zero attached hydrogens (tertiary/aromatic N) is 2. The number of hydrogen-bond donors (Lipinski definition) is 2. The molecule has 0 aromatic heterocycles. The summed E-state index contributed by atoms with van der Waals surface area (Å²) in [5.74, 6) is -0.363. The summed E-state index contributed by atoms with van der Waals surface area (Å²) in [5.41, 5.74) is 8.00. The molecule has 1 heterocycles. The maximum Gasteiger partial charge on any atom is 0.222 e. The van der Waals surface area contributed by atoms with Gasteiger partial charge in [0.15, 0.2) is 0 Å². The van der Waals surface area contributed by atoms with E-state index < -0.39 is 0 Å². The number of nitrogens with one attached hydrogen (secondary N) is 1. The van der Waals surface area contributed by atoms with Gasteiger partial charge in [-0.25, -0.2) is 0 Å². The van der Waals surface area contributed by atoms with E-state index in [4.69, 9.17) is 5.73 Å². The number of anilines is 1. The van der Waals surface area contributed by atoms with Crippen LogP contribution in [0.15, 0.2) is 18.2 Å². The summed E-state index contributed by atoms with van der Waals surface area (Å²) in [6, 6.07) is 8.15. The largest absolute Gasteiger partial charge is 0.370 e. The zero-order valence-electron chi connectivity index (χ0n) is 11.7. The van der Waals surface area contributed by atoms with Crippen LogP contribution in [-0.4, -0.2) is 25.5 Å². The van der Waals surface area contributed by atoms with Gasteiger partial charge >= 0.3 is 0 Å². The van der Waals surface area contributed by atoms with Crippen molar-refractivity contribution >= 4 is 11.6 Å². The summed E-state index contributed by atoms with van der Waals surface area (Å²) in [4.78, 5) is 13.3. The van der Waals surface area contributed by atoms with E-state index in [9.17, 15) is 10.1 Å². The molecule has 1 aromatic rings. The molecule has 5 nitrogen and oxygen atoms in total. The normalized spacial score (nSPS) is 18.0. The van der Waals surface area contributed by atoms with Crippen LogP contribution >= 0.6 is 0 Å². The Morgan fingerprint density at radius 1 is 1.60 bits per heavy atom. The molecular weight excluding hydrogens is 252 g/mol. The Kier molecular flexibility index (Phi) is 4.59. The zero-order chi connectivity index (χ0) is 14.5. The van der Waals surface area contributed by atoms with E-state index in [-0.39, 0.29) is 11.8 Å². The van der Waals surface area contributed by atoms with Crippen molar-refractivity contribution in [2.24, 2.45) is 11.7 Å². The molecule has 0 spiro atoms. The van der Waals surface area contributed by atoms with Crippen molar-refractivity contribution in [2.75, 3.05) is 24.5 Å². The van der Waals surface area contributed by atoms with Crippen LogP contribution in [0.4, 0.5) is 5.69 Å². The molecule has 20 heavy (non-hydrogen) atoms. The van der Waals surface area contributed by atoms with Gasteiger partial charge in [0, 0.05) is 19.6 Å². The average molecular weight is 272 g/mol. The molecule has 2 rings (SSSR count). The van der Waals surface area contributed by atoms with Crippen LogP contribution in [-0.2, 0) is 11.3 Å². The Morgan fingerprint density at radius 3 is 3.00 bits per heavy atom. The second-order valence-corrected chi connectivity index (χ2v) is 5.08. The first-order valence-corrected chi connectivity index (χ1v) is 6.93. The van der Waals surface area contributed by atoms with Crippen molar-refractivity contribution < 1.29 is 4.79 Å². The second kappa shape index (κ2) is 6.40. The number of carbonyl (C=O) groups excluding carboxylic acids is 1. The fourth-order valence-corrected chi connectivity index (χ4v) is 2.54. The molecule has 5 heteroatoms. The van der Waals surface area contributed by atoms with E-state index in [2.05, 4.69) is 16.3 Å². The van der Waals surface area contributed by atoms with Crippen LogP contribution in [0.5, 0.6) is 0 Å². The quantitative estimate of drug-likeness (QED) is 0.837. The minimum absolute atomic E-state index is 0.108. The maximum absolute atomic E-state index is 11.2. The number of amides is 1. The van der Waals surface area contributed by atoms with Gasteiger partial charge in [0.05, 0.1) is 17.2 Å². The molecular formula is C15H20N4O. The van der Waals surface area contributed by atoms with Gasteiger partial charge in [-0.2, -0.15) is 5.26 Å². The first-order valence-electron chi connectivity index (χ1n) is 6.93. The Morgan fingerprint density at radius 2 is 2.40 bits per heavy atom. The van der Waals surface area contributed by atoms with Gasteiger partial charge in [-0.05, 0) is 30.7 Å². The number of rotatable bonds is 5. The Bertz CT molecular complexity index is 535. The highest BCUT2D eigenvalue weighted by molar-refractivity contribution is 5.78. The lowest BCUT2D eigenvalue weighted by Crippen LogP contribution is -2.27. The maximum atomic E-state index is 11.2. The molecule has 3 N–H and O–H groups in total. The van der Waals surface area contributed by atoms with Crippen molar-refractivity contribution in [1.82, 2.24) is 5.32 Å². The number of primary amides is 1. The zero-order valence-corrected chi connectivity index (χ0v) is 11.7. The number of benzene rings is 1. The highest BCUT2D eigenvalue weighted by Crippen LogP contribution is 2.27. The number of carbonyl (C=O) groups is 1. The third-order valence-corrected chi connectivity index (χ3v) is 3.69. The van der Waals surface area contributed by atoms with Crippen molar-refractivity contribution in [3.63, 3.8) is 0 Å². The summed E-state index contributed by atoms with van der Waals surface area (Å²) in [6.07, 6.45) is 0.763. The number of nitrogens with two attached hydrogens (primary N) is 1. The molecule has 1 aromatic carbocycles. The third kappa shape index (κ3) is 3.09. The topological polar surface area (TPSA) is 82.2 Å². The number of hydrogen-bond acceptors (Lipinski definition) is 4. The van der Waals surface area contributed by atoms with Gasteiger partial charge < -0.3 is 16.0 Å². The van der Waals surface area contributed by atoms with E-state index in [1.54, 1.807) is 0 Å². The van der Waals surface area contributed by atoms with Crippen molar-refractivity contribution in [2.45, 2.75) is 19.9 Å². The van der Waals surface area contributed by atoms with E-state index >= 15 is 0 Å². The Labute approximate surface area is 119 Å². The van der Waals surface area contributed by atoms with Crippen LogP contribution in [0.2, 0.25) is 0 Å². The Balaban J connectivity index is 2.16. The summed E-state index contributed by atoms with van der Waals surface area (Å²) in [7, 11) is 0. The molecule has 1 fully saturated rings. The molecule has 1 atom stereocenters. The van der Waals surface area contributed by atoms with Gasteiger partial charge in [0.1, 0.15) is 6.07 Å². The van der Waals surface area contributed by atoms with Gasteiger partial charge in [-0.1, -0.05) is 13.0 Å². The molecule has 0 radical (unpaired) electrons. The fourth-order valence-electron chi connectivity index (χ4n) is 2.54. The Hall–Kier alpha value is -2.06. The number of nitriles is 1. The van der Waals surface area contributed by atoms with Crippen LogP contribution in [0.1, 0.15) is 24.5 Å². The first kappa shape index (κ1) is 14.4. The highest BCUT2D eigenvalue weighted by Gasteiger charge is 2.27. The molecule has 0 aliphatic carbocycles. The third-order valence-electron chi connectivity index (χ3n) is 3.69. The smallest absolute Gasteiger partial charge is 0.222 e. The van der Waals surface area contributed by atoms with Crippen molar-refractivity contribution in [3.8, 4) is 6.07 Å². The highest BCUT2D eigenvalue weighted by atomic mass is 16.1. The van der Waals surface area contributed by atoms with Crippen LogP contribution in [0.3, 0.4) is 0 Å². The standard InChI is InChI=1S/C15H20N4O/c1-2-18-9-11-3-4-14(13(7-11)8-16)19-6-5-12(10-19)15(17)20/h3-4,7,12,18H,2,5-6,9-10H2,1H3,(H2,17,20).